The van der Waals surface area contributed by atoms with Gasteiger partial charge in [0.05, 0.1) is 0 Å². The molecule has 2 bridgehead atoms. The van der Waals surface area contributed by atoms with Gasteiger partial charge in [-0.05, 0) is 50.1 Å². The molecule has 4 heteroatoms. The second-order valence-electron chi connectivity index (χ2n) is 8.65. The van der Waals surface area contributed by atoms with Gasteiger partial charge >= 0.3 is 0 Å². The average molecular weight is 356 g/mol. The number of fused-ring (bicyclic) bond motifs is 2. The topological polar surface area (TPSA) is 35.6 Å². The van der Waals surface area contributed by atoms with Crippen LogP contribution in [0.2, 0.25) is 0 Å². The van der Waals surface area contributed by atoms with E-state index in [9.17, 15) is 4.79 Å². The van der Waals surface area contributed by atoms with E-state index in [0.29, 0.717) is 23.8 Å². The number of amides is 1. The third-order valence-corrected chi connectivity index (χ3v) is 6.87. The fourth-order valence-corrected chi connectivity index (χ4v) is 5.41. The summed E-state index contributed by atoms with van der Waals surface area (Å²) in [6.07, 6.45) is 6.13. The van der Waals surface area contributed by atoms with Crippen LogP contribution in [0.4, 0.5) is 0 Å². The molecule has 26 heavy (non-hydrogen) atoms. The molecule has 0 unspecified atom stereocenters. The number of likely N-dealkylation sites (N-methyl/N-ethyl adjacent to an activating group) is 1. The van der Waals surface area contributed by atoms with Gasteiger partial charge in [-0.2, -0.15) is 0 Å². The lowest BCUT2D eigenvalue weighted by atomic mass is 9.88. The van der Waals surface area contributed by atoms with Crippen LogP contribution in [-0.2, 0) is 4.79 Å². The maximum atomic E-state index is 12.5. The molecule has 0 spiro atoms. The van der Waals surface area contributed by atoms with Gasteiger partial charge in [0.25, 0.3) is 0 Å². The molecule has 0 radical (unpaired) electrons. The summed E-state index contributed by atoms with van der Waals surface area (Å²) in [5, 5.41) is 3.24. The third-order valence-electron chi connectivity index (χ3n) is 6.87. The van der Waals surface area contributed by atoms with Crippen LogP contribution >= 0.6 is 0 Å². The number of benzene rings is 1. The molecule has 0 aromatic heterocycles. The van der Waals surface area contributed by atoms with Gasteiger partial charge in [-0.1, -0.05) is 36.8 Å². The van der Waals surface area contributed by atoms with Crippen LogP contribution in [-0.4, -0.2) is 55.5 Å². The van der Waals surface area contributed by atoms with Gasteiger partial charge in [-0.15, -0.1) is 0 Å². The summed E-state index contributed by atoms with van der Waals surface area (Å²) >= 11 is 0. The van der Waals surface area contributed by atoms with Gasteiger partial charge in [0.2, 0.25) is 5.91 Å². The van der Waals surface area contributed by atoms with Gasteiger partial charge in [0, 0.05) is 44.7 Å². The lowest BCUT2D eigenvalue weighted by Gasteiger charge is -2.40. The van der Waals surface area contributed by atoms with Gasteiger partial charge < -0.3 is 10.2 Å². The summed E-state index contributed by atoms with van der Waals surface area (Å²) in [6, 6.07) is 11.3. The molecular weight excluding hydrogens is 322 g/mol. The first-order valence-electron chi connectivity index (χ1n) is 10.5. The fraction of sp³-hybridized carbons (Fsp3) is 0.682. The van der Waals surface area contributed by atoms with E-state index in [-0.39, 0.29) is 0 Å². The molecule has 1 aromatic carbocycles. The van der Waals surface area contributed by atoms with Crippen molar-refractivity contribution in [2.75, 3.05) is 39.8 Å². The van der Waals surface area contributed by atoms with Crippen LogP contribution in [0.5, 0.6) is 0 Å². The number of nitrogens with one attached hydrogen (secondary N) is 1. The Labute approximate surface area is 157 Å². The Morgan fingerprint density at radius 3 is 2.73 bits per heavy atom. The van der Waals surface area contributed by atoms with E-state index in [0.717, 1.165) is 51.5 Å². The molecule has 1 saturated heterocycles. The molecule has 1 heterocycles. The number of hydrogen-bond acceptors (Lipinski definition) is 3. The number of piperazine rings is 1. The smallest absolute Gasteiger partial charge is 0.223 e. The van der Waals surface area contributed by atoms with Crippen LogP contribution < -0.4 is 5.32 Å². The van der Waals surface area contributed by atoms with Crippen molar-refractivity contribution in [1.29, 1.82) is 0 Å². The van der Waals surface area contributed by atoms with E-state index in [2.05, 4.69) is 52.5 Å². The van der Waals surface area contributed by atoms with Crippen molar-refractivity contribution < 1.29 is 4.79 Å². The van der Waals surface area contributed by atoms with Crippen LogP contribution in [0.15, 0.2) is 30.3 Å². The van der Waals surface area contributed by atoms with E-state index in [4.69, 9.17) is 0 Å². The number of hydrogen-bond donors (Lipinski definition) is 1. The monoisotopic (exact) mass is 355 g/mol. The lowest BCUT2D eigenvalue weighted by molar-refractivity contribution is -0.126. The Morgan fingerprint density at radius 1 is 1.15 bits per heavy atom. The summed E-state index contributed by atoms with van der Waals surface area (Å²) < 4.78 is 0. The zero-order valence-electron chi connectivity index (χ0n) is 16.1. The Balaban J connectivity index is 1.24. The quantitative estimate of drug-likeness (QED) is 0.797. The molecule has 2 aliphatic carbocycles. The average Bonchev–Trinajstić information content (AvgIpc) is 3.30. The van der Waals surface area contributed by atoms with Gasteiger partial charge in [-0.25, -0.2) is 0 Å². The minimum Gasteiger partial charge on any atom is -0.356 e. The number of rotatable bonds is 6. The summed E-state index contributed by atoms with van der Waals surface area (Å²) in [4.78, 5) is 17.5. The third kappa shape index (κ3) is 3.96. The van der Waals surface area contributed by atoms with Gasteiger partial charge in [-0.3, -0.25) is 9.69 Å². The van der Waals surface area contributed by atoms with E-state index >= 15 is 0 Å². The zero-order chi connectivity index (χ0) is 17.9. The normalized spacial score (nSPS) is 32.0. The molecule has 1 aliphatic heterocycles. The highest BCUT2D eigenvalue weighted by Gasteiger charge is 2.42. The summed E-state index contributed by atoms with van der Waals surface area (Å²) in [6.45, 7) is 5.20. The molecule has 4 nitrogen and oxygen atoms in total. The Morgan fingerprint density at radius 2 is 2.00 bits per heavy atom. The van der Waals surface area contributed by atoms with E-state index in [1.54, 1.807) is 0 Å². The minimum atomic E-state index is 0.314. The molecule has 142 valence electrons. The minimum absolute atomic E-state index is 0.314. The first kappa shape index (κ1) is 18.0. The summed E-state index contributed by atoms with van der Waals surface area (Å²) in [5.41, 5.74) is 1.41. The van der Waals surface area contributed by atoms with Crippen molar-refractivity contribution in [3.63, 3.8) is 0 Å². The molecular formula is C22H33N3O. The molecule has 1 aromatic rings. The highest BCUT2D eigenvalue weighted by atomic mass is 16.1. The SMILES string of the molecule is CN1CCN(CCCNC(=O)[C@H]2C[C@H]3CC[C@H]2C3)[C@H](c2ccccc2)C1. The number of nitrogens with zero attached hydrogens (tertiary/aromatic N) is 2. The van der Waals surface area contributed by atoms with E-state index in [1.807, 2.05) is 0 Å². The maximum absolute atomic E-state index is 12.5. The van der Waals surface area contributed by atoms with Crippen LogP contribution in [0.3, 0.4) is 0 Å². The Bertz CT molecular complexity index is 605. The highest BCUT2D eigenvalue weighted by Crippen LogP contribution is 2.48. The fourth-order valence-electron chi connectivity index (χ4n) is 5.41. The van der Waals surface area contributed by atoms with E-state index < -0.39 is 0 Å². The molecule has 4 atom stereocenters. The standard InChI is InChI=1S/C22H33N3O/c1-24-12-13-25(21(16-24)18-6-3-2-4-7-18)11-5-10-23-22(26)20-15-17-8-9-19(20)14-17/h2-4,6-7,17,19-21H,5,8-16H2,1H3,(H,23,26)/t17-,19-,20-,21-/m0/s1. The van der Waals surface area contributed by atoms with Crippen molar-refractivity contribution in [3.8, 4) is 0 Å². The molecule has 1 amide bonds. The largest absolute Gasteiger partial charge is 0.356 e. The Kier molecular flexibility index (Phi) is 5.60. The van der Waals surface area contributed by atoms with Crippen molar-refractivity contribution in [2.45, 2.75) is 38.1 Å². The van der Waals surface area contributed by atoms with Crippen molar-refractivity contribution in [2.24, 2.45) is 17.8 Å². The van der Waals surface area contributed by atoms with E-state index in [1.165, 1.54) is 24.8 Å². The van der Waals surface area contributed by atoms with Crippen molar-refractivity contribution >= 4 is 5.91 Å². The van der Waals surface area contributed by atoms with Crippen LogP contribution in [0.1, 0.15) is 43.7 Å². The lowest BCUT2D eigenvalue weighted by Crippen LogP contribution is -2.47. The first-order valence-corrected chi connectivity index (χ1v) is 10.5. The molecule has 3 aliphatic rings. The summed E-state index contributed by atoms with van der Waals surface area (Å²) in [7, 11) is 2.21. The van der Waals surface area contributed by atoms with Crippen LogP contribution in [0.25, 0.3) is 0 Å². The molecule has 4 rings (SSSR count). The zero-order valence-corrected chi connectivity index (χ0v) is 16.1. The molecule has 1 N–H and O–H groups in total. The first-order chi connectivity index (χ1) is 12.7. The highest BCUT2D eigenvalue weighted by molar-refractivity contribution is 5.79. The van der Waals surface area contributed by atoms with Crippen LogP contribution in [0, 0.1) is 17.8 Å². The second-order valence-corrected chi connectivity index (χ2v) is 8.65. The van der Waals surface area contributed by atoms with Gasteiger partial charge in [0.1, 0.15) is 0 Å². The Hall–Kier alpha value is -1.39. The van der Waals surface area contributed by atoms with Gasteiger partial charge in [0.15, 0.2) is 0 Å². The summed E-state index contributed by atoms with van der Waals surface area (Å²) in [5.74, 6) is 2.16. The molecule has 2 saturated carbocycles. The number of carbonyl (C=O) groups excluding carboxylic acids is 1. The number of carbonyl (C=O) groups is 1. The second kappa shape index (κ2) is 8.10. The van der Waals surface area contributed by atoms with Crippen molar-refractivity contribution in [3.05, 3.63) is 35.9 Å². The maximum Gasteiger partial charge on any atom is 0.223 e. The van der Waals surface area contributed by atoms with Crippen molar-refractivity contribution in [1.82, 2.24) is 15.1 Å². The molecule has 3 fully saturated rings. The predicted octanol–water partition coefficient (Wildman–Crippen LogP) is 2.92. The predicted molar refractivity (Wildman–Crippen MR) is 105 cm³/mol.